The topological polar surface area (TPSA) is 108 Å². The smallest absolute Gasteiger partial charge is 0.326 e. The Balaban J connectivity index is 4.14. The number of carbonyl (C=O) groups excluding carboxylic acids is 2. The molecule has 0 rings (SSSR count). The van der Waals surface area contributed by atoms with Crippen LogP contribution in [0.1, 0.15) is 40.5 Å². The van der Waals surface area contributed by atoms with Crippen LogP contribution in [0.15, 0.2) is 0 Å². The van der Waals surface area contributed by atoms with Crippen molar-refractivity contribution >= 4 is 17.9 Å². The fourth-order valence-electron chi connectivity index (χ4n) is 1.49. The largest absolute Gasteiger partial charge is 0.480 e. The first-order chi connectivity index (χ1) is 9.26. The van der Waals surface area contributed by atoms with Crippen molar-refractivity contribution < 1.29 is 19.5 Å². The molecule has 2 atom stereocenters. The second kappa shape index (κ2) is 9.17. The van der Waals surface area contributed by atoms with Gasteiger partial charge in [0.05, 0.1) is 6.54 Å². The number of amides is 3. The summed E-state index contributed by atoms with van der Waals surface area (Å²) >= 11 is 0. The standard InChI is InChI=1S/C13H25N3O4/c1-5-9(4)15-11(17)7-14-13(20)16-10(12(18)19)6-8(2)3/h8-10H,5-7H2,1-4H3,(H,15,17)(H,18,19)(H2,14,16,20). The number of hydrogen-bond acceptors (Lipinski definition) is 3. The van der Waals surface area contributed by atoms with Gasteiger partial charge >= 0.3 is 12.0 Å². The average molecular weight is 287 g/mol. The molecular weight excluding hydrogens is 262 g/mol. The summed E-state index contributed by atoms with van der Waals surface area (Å²) in [6.45, 7) is 7.37. The second-order valence-electron chi connectivity index (χ2n) is 5.22. The lowest BCUT2D eigenvalue weighted by Gasteiger charge is -2.17. The Kier molecular flexibility index (Phi) is 8.35. The van der Waals surface area contributed by atoms with Crippen LogP contribution >= 0.6 is 0 Å². The van der Waals surface area contributed by atoms with E-state index < -0.39 is 18.0 Å². The van der Waals surface area contributed by atoms with E-state index in [-0.39, 0.29) is 24.4 Å². The zero-order valence-electron chi connectivity index (χ0n) is 12.5. The van der Waals surface area contributed by atoms with Crippen molar-refractivity contribution in [1.29, 1.82) is 0 Å². The number of carboxylic acid groups (broad SMARTS) is 1. The molecule has 7 nitrogen and oxygen atoms in total. The predicted octanol–water partition coefficient (Wildman–Crippen LogP) is 0.700. The first-order valence-corrected chi connectivity index (χ1v) is 6.82. The van der Waals surface area contributed by atoms with Crippen LogP contribution in [0.4, 0.5) is 4.79 Å². The number of rotatable bonds is 8. The van der Waals surface area contributed by atoms with Gasteiger partial charge in [-0.05, 0) is 25.7 Å². The lowest BCUT2D eigenvalue weighted by Crippen LogP contribution is -2.49. The summed E-state index contributed by atoms with van der Waals surface area (Å²) in [5, 5.41) is 16.4. The fraction of sp³-hybridized carbons (Fsp3) is 0.769. The van der Waals surface area contributed by atoms with E-state index in [1.807, 2.05) is 27.7 Å². The van der Waals surface area contributed by atoms with Gasteiger partial charge in [-0.15, -0.1) is 0 Å². The van der Waals surface area contributed by atoms with Crippen molar-refractivity contribution in [2.75, 3.05) is 6.54 Å². The van der Waals surface area contributed by atoms with Crippen LogP contribution in [0.5, 0.6) is 0 Å². The molecule has 0 saturated carbocycles. The minimum Gasteiger partial charge on any atom is -0.480 e. The van der Waals surface area contributed by atoms with Crippen molar-refractivity contribution in [3.8, 4) is 0 Å². The molecule has 4 N–H and O–H groups in total. The maximum Gasteiger partial charge on any atom is 0.326 e. The van der Waals surface area contributed by atoms with Crippen molar-refractivity contribution in [2.24, 2.45) is 5.92 Å². The van der Waals surface area contributed by atoms with Crippen molar-refractivity contribution in [2.45, 2.75) is 52.6 Å². The third-order valence-corrected chi connectivity index (χ3v) is 2.74. The molecular formula is C13H25N3O4. The van der Waals surface area contributed by atoms with Gasteiger partial charge in [-0.25, -0.2) is 9.59 Å². The van der Waals surface area contributed by atoms with E-state index in [9.17, 15) is 14.4 Å². The maximum absolute atomic E-state index is 11.5. The van der Waals surface area contributed by atoms with Crippen molar-refractivity contribution in [3.63, 3.8) is 0 Å². The highest BCUT2D eigenvalue weighted by atomic mass is 16.4. The van der Waals surface area contributed by atoms with Crippen LogP contribution < -0.4 is 16.0 Å². The minimum atomic E-state index is -1.09. The number of carboxylic acids is 1. The predicted molar refractivity (Wildman–Crippen MR) is 75.3 cm³/mol. The number of aliphatic carboxylic acids is 1. The van der Waals surface area contributed by atoms with E-state index in [1.165, 1.54) is 0 Å². The molecule has 0 heterocycles. The lowest BCUT2D eigenvalue weighted by atomic mass is 10.0. The molecule has 2 unspecified atom stereocenters. The third-order valence-electron chi connectivity index (χ3n) is 2.74. The second-order valence-corrected chi connectivity index (χ2v) is 5.22. The molecule has 0 aromatic rings. The van der Waals surface area contributed by atoms with E-state index in [0.29, 0.717) is 6.42 Å². The summed E-state index contributed by atoms with van der Waals surface area (Å²) in [5.74, 6) is -1.24. The summed E-state index contributed by atoms with van der Waals surface area (Å²) in [4.78, 5) is 33.9. The summed E-state index contributed by atoms with van der Waals surface area (Å²) in [5.41, 5.74) is 0. The van der Waals surface area contributed by atoms with Crippen LogP contribution in [0.25, 0.3) is 0 Å². The van der Waals surface area contributed by atoms with Gasteiger partial charge in [-0.2, -0.15) is 0 Å². The molecule has 0 aromatic heterocycles. The molecule has 7 heteroatoms. The zero-order valence-corrected chi connectivity index (χ0v) is 12.5. The number of carbonyl (C=O) groups is 3. The molecule has 20 heavy (non-hydrogen) atoms. The average Bonchev–Trinajstić information content (AvgIpc) is 2.34. The highest BCUT2D eigenvalue weighted by Crippen LogP contribution is 2.04. The van der Waals surface area contributed by atoms with Gasteiger partial charge in [-0.3, -0.25) is 4.79 Å². The summed E-state index contributed by atoms with van der Waals surface area (Å²) in [6, 6.07) is -1.56. The van der Waals surface area contributed by atoms with Gasteiger partial charge in [0, 0.05) is 6.04 Å². The number of urea groups is 1. The van der Waals surface area contributed by atoms with Gasteiger partial charge in [0.2, 0.25) is 5.91 Å². The Morgan fingerprint density at radius 1 is 1.10 bits per heavy atom. The minimum absolute atomic E-state index is 0.0417. The molecule has 0 bridgehead atoms. The van der Waals surface area contributed by atoms with Crippen molar-refractivity contribution in [3.05, 3.63) is 0 Å². The van der Waals surface area contributed by atoms with Gasteiger partial charge < -0.3 is 21.1 Å². The van der Waals surface area contributed by atoms with E-state index in [2.05, 4.69) is 16.0 Å². The normalized spacial score (nSPS) is 13.4. The van der Waals surface area contributed by atoms with Crippen LogP contribution in [0.2, 0.25) is 0 Å². The first kappa shape index (κ1) is 18.2. The zero-order chi connectivity index (χ0) is 15.7. The summed E-state index contributed by atoms with van der Waals surface area (Å²) in [7, 11) is 0. The Hall–Kier alpha value is -1.79. The molecule has 0 aromatic carbocycles. The summed E-state index contributed by atoms with van der Waals surface area (Å²) in [6.07, 6.45) is 1.13. The van der Waals surface area contributed by atoms with Gasteiger partial charge in [0.15, 0.2) is 0 Å². The van der Waals surface area contributed by atoms with E-state index in [1.54, 1.807) is 0 Å². The number of nitrogens with one attached hydrogen (secondary N) is 3. The highest BCUT2D eigenvalue weighted by molar-refractivity contribution is 5.86. The van der Waals surface area contributed by atoms with Crippen molar-refractivity contribution in [1.82, 2.24) is 16.0 Å². The Morgan fingerprint density at radius 3 is 2.15 bits per heavy atom. The van der Waals surface area contributed by atoms with E-state index in [0.717, 1.165) is 6.42 Å². The fourth-order valence-corrected chi connectivity index (χ4v) is 1.49. The van der Waals surface area contributed by atoms with Crippen LogP contribution in [0.3, 0.4) is 0 Å². The van der Waals surface area contributed by atoms with Gasteiger partial charge in [-0.1, -0.05) is 20.8 Å². The molecule has 3 amide bonds. The van der Waals surface area contributed by atoms with Crippen LogP contribution in [0, 0.1) is 5.92 Å². The molecule has 0 saturated heterocycles. The lowest BCUT2D eigenvalue weighted by molar-refractivity contribution is -0.139. The molecule has 0 spiro atoms. The SMILES string of the molecule is CCC(C)NC(=O)CNC(=O)NC(CC(C)C)C(=O)O. The Morgan fingerprint density at radius 2 is 1.70 bits per heavy atom. The molecule has 116 valence electrons. The Labute approximate surface area is 119 Å². The third kappa shape index (κ3) is 8.34. The Bertz CT molecular complexity index is 345. The van der Waals surface area contributed by atoms with Crippen LogP contribution in [-0.4, -0.2) is 41.6 Å². The summed E-state index contributed by atoms with van der Waals surface area (Å²) < 4.78 is 0. The molecule has 0 aliphatic carbocycles. The quantitative estimate of drug-likeness (QED) is 0.527. The van der Waals surface area contributed by atoms with Gasteiger partial charge in [0.1, 0.15) is 6.04 Å². The molecule has 0 aliphatic rings. The molecule has 0 aliphatic heterocycles. The maximum atomic E-state index is 11.5. The van der Waals surface area contributed by atoms with E-state index >= 15 is 0 Å². The number of hydrogen-bond donors (Lipinski definition) is 4. The molecule has 0 fully saturated rings. The molecule has 0 radical (unpaired) electrons. The van der Waals surface area contributed by atoms with Gasteiger partial charge in [0.25, 0.3) is 0 Å². The highest BCUT2D eigenvalue weighted by Gasteiger charge is 2.21. The monoisotopic (exact) mass is 287 g/mol. The van der Waals surface area contributed by atoms with E-state index in [4.69, 9.17) is 5.11 Å². The van der Waals surface area contributed by atoms with Crippen LogP contribution in [-0.2, 0) is 9.59 Å². The first-order valence-electron chi connectivity index (χ1n) is 6.82.